The van der Waals surface area contributed by atoms with Gasteiger partial charge in [-0.05, 0) is 68.7 Å². The Morgan fingerprint density at radius 1 is 1.08 bits per heavy atom. The molecule has 8 heteroatoms. The van der Waals surface area contributed by atoms with Crippen molar-refractivity contribution in [3.05, 3.63) is 47.0 Å². The first-order valence-electron chi connectivity index (χ1n) is 14.0. The van der Waals surface area contributed by atoms with E-state index in [9.17, 15) is 4.79 Å². The number of rotatable bonds is 5. The van der Waals surface area contributed by atoms with Gasteiger partial charge in [0.05, 0.1) is 22.6 Å². The number of nitrogens with one attached hydrogen (secondary N) is 1. The van der Waals surface area contributed by atoms with E-state index >= 15 is 0 Å². The number of likely N-dealkylation sites (tertiary alicyclic amines) is 1. The number of hydrogen-bond acceptors (Lipinski definition) is 5. The normalized spacial score (nSPS) is 20.9. The Morgan fingerprint density at radius 2 is 1.82 bits per heavy atom. The molecule has 0 spiro atoms. The van der Waals surface area contributed by atoms with E-state index in [4.69, 9.17) is 4.98 Å². The van der Waals surface area contributed by atoms with Crippen LogP contribution in [0, 0.1) is 19.8 Å². The van der Waals surface area contributed by atoms with E-state index in [1.165, 1.54) is 29.7 Å². The highest BCUT2D eigenvalue weighted by Gasteiger charge is 2.39. The summed E-state index contributed by atoms with van der Waals surface area (Å²) in [6.07, 6.45) is 8.38. The largest absolute Gasteiger partial charge is 0.353 e. The number of aromatic nitrogens is 5. The Balaban J connectivity index is 1.25. The number of hydrogen-bond donors (Lipinski definition) is 1. The van der Waals surface area contributed by atoms with Crippen LogP contribution in [0.25, 0.3) is 27.9 Å². The van der Waals surface area contributed by atoms with E-state index in [-0.39, 0.29) is 11.8 Å². The molecule has 2 fully saturated rings. The quantitative estimate of drug-likeness (QED) is 0.403. The minimum absolute atomic E-state index is 0.182. The summed E-state index contributed by atoms with van der Waals surface area (Å²) in [5.41, 5.74) is 10.2. The number of H-pyrrole nitrogens is 1. The van der Waals surface area contributed by atoms with Gasteiger partial charge in [0.15, 0.2) is 5.65 Å². The van der Waals surface area contributed by atoms with Gasteiger partial charge in [-0.3, -0.25) is 14.7 Å². The molecule has 6 rings (SSSR count). The van der Waals surface area contributed by atoms with Crippen molar-refractivity contribution in [2.75, 3.05) is 27.2 Å². The lowest BCUT2D eigenvalue weighted by molar-refractivity contribution is -0.140. The van der Waals surface area contributed by atoms with Gasteiger partial charge < -0.3 is 9.88 Å². The average Bonchev–Trinajstić information content (AvgIpc) is 3.50. The van der Waals surface area contributed by atoms with Gasteiger partial charge in [-0.1, -0.05) is 13.8 Å². The van der Waals surface area contributed by atoms with Gasteiger partial charge in [0.25, 0.3) is 0 Å². The second-order valence-corrected chi connectivity index (χ2v) is 11.9. The molecule has 0 bridgehead atoms. The second kappa shape index (κ2) is 9.49. The maximum absolute atomic E-state index is 12.2. The maximum atomic E-state index is 12.2. The molecule has 5 heterocycles. The SMILES string of the molecule is Cc1c(-c2[nH]c3ccc(C4CCC(N5CC(C(=O)N(C)C)C5)CC4)nc3c2C(C)C)cn2ncnc2c1C. The summed E-state index contributed by atoms with van der Waals surface area (Å²) in [6.45, 7) is 10.6. The summed E-state index contributed by atoms with van der Waals surface area (Å²) in [6, 6.07) is 5.05. The Morgan fingerprint density at radius 3 is 2.50 bits per heavy atom. The Hall–Kier alpha value is -3.26. The van der Waals surface area contributed by atoms with Crippen molar-refractivity contribution in [1.82, 2.24) is 34.4 Å². The first-order valence-corrected chi connectivity index (χ1v) is 14.0. The smallest absolute Gasteiger partial charge is 0.227 e. The first-order chi connectivity index (χ1) is 18.2. The Kier molecular flexibility index (Phi) is 6.25. The van der Waals surface area contributed by atoms with E-state index in [0.29, 0.717) is 17.9 Å². The lowest BCUT2D eigenvalue weighted by Gasteiger charge is -2.46. The molecule has 4 aromatic heterocycles. The lowest BCUT2D eigenvalue weighted by atomic mass is 9.81. The van der Waals surface area contributed by atoms with Crippen LogP contribution in [0.15, 0.2) is 24.7 Å². The summed E-state index contributed by atoms with van der Waals surface area (Å²) >= 11 is 0. The highest BCUT2D eigenvalue weighted by atomic mass is 16.2. The van der Waals surface area contributed by atoms with Gasteiger partial charge in [-0.15, -0.1) is 0 Å². The molecule has 1 amide bonds. The van der Waals surface area contributed by atoms with Gasteiger partial charge >= 0.3 is 0 Å². The number of nitrogens with zero attached hydrogens (tertiary/aromatic N) is 6. The van der Waals surface area contributed by atoms with E-state index in [1.807, 2.05) is 18.6 Å². The highest BCUT2D eigenvalue weighted by molar-refractivity contribution is 5.89. The van der Waals surface area contributed by atoms with E-state index in [2.05, 4.69) is 66.0 Å². The molecule has 0 atom stereocenters. The molecule has 1 N–H and O–H groups in total. The number of carbonyl (C=O) groups excluding carboxylic acids is 1. The van der Waals surface area contributed by atoms with Crippen molar-refractivity contribution in [3.8, 4) is 11.3 Å². The van der Waals surface area contributed by atoms with Gasteiger partial charge in [-0.25, -0.2) is 9.50 Å². The number of pyridine rings is 2. The van der Waals surface area contributed by atoms with E-state index < -0.39 is 0 Å². The van der Waals surface area contributed by atoms with E-state index in [0.717, 1.165) is 59.4 Å². The fraction of sp³-hybridized carbons (Fsp3) is 0.533. The molecule has 0 unspecified atom stereocenters. The van der Waals surface area contributed by atoms with Crippen LogP contribution in [0.4, 0.5) is 0 Å². The molecule has 0 aromatic carbocycles. The fourth-order valence-corrected chi connectivity index (χ4v) is 6.63. The summed E-state index contributed by atoms with van der Waals surface area (Å²) in [4.78, 5) is 29.9. The zero-order valence-corrected chi connectivity index (χ0v) is 23.5. The monoisotopic (exact) mass is 513 g/mol. The lowest BCUT2D eigenvalue weighted by Crippen LogP contribution is -2.57. The zero-order valence-electron chi connectivity index (χ0n) is 23.5. The minimum Gasteiger partial charge on any atom is -0.353 e. The van der Waals surface area contributed by atoms with Crippen LogP contribution in [-0.4, -0.2) is 73.5 Å². The number of carbonyl (C=O) groups is 1. The van der Waals surface area contributed by atoms with Crippen LogP contribution >= 0.6 is 0 Å². The van der Waals surface area contributed by atoms with Crippen molar-refractivity contribution in [2.45, 2.75) is 71.3 Å². The maximum Gasteiger partial charge on any atom is 0.227 e. The summed E-state index contributed by atoms with van der Waals surface area (Å²) in [5, 5.41) is 4.41. The van der Waals surface area contributed by atoms with Crippen LogP contribution in [0.3, 0.4) is 0 Å². The minimum atomic E-state index is 0.182. The predicted molar refractivity (Wildman–Crippen MR) is 150 cm³/mol. The van der Waals surface area contributed by atoms with Crippen LogP contribution in [0.2, 0.25) is 0 Å². The number of amides is 1. The van der Waals surface area contributed by atoms with Crippen molar-refractivity contribution in [2.24, 2.45) is 5.92 Å². The number of aryl methyl sites for hydroxylation is 1. The van der Waals surface area contributed by atoms with Crippen LogP contribution in [0.5, 0.6) is 0 Å². The first kappa shape index (κ1) is 25.0. The van der Waals surface area contributed by atoms with Gasteiger partial charge in [0, 0.05) is 62.2 Å². The third kappa shape index (κ3) is 4.10. The molecule has 1 saturated heterocycles. The third-order valence-electron chi connectivity index (χ3n) is 9.01. The van der Waals surface area contributed by atoms with Crippen molar-refractivity contribution < 1.29 is 4.79 Å². The molecule has 38 heavy (non-hydrogen) atoms. The molecular weight excluding hydrogens is 474 g/mol. The molecule has 2 aliphatic rings. The number of aromatic amines is 1. The predicted octanol–water partition coefficient (Wildman–Crippen LogP) is 5.06. The average molecular weight is 514 g/mol. The Bertz CT molecular complexity index is 1500. The summed E-state index contributed by atoms with van der Waals surface area (Å²) in [7, 11) is 3.71. The third-order valence-corrected chi connectivity index (χ3v) is 9.01. The molecular formula is C30H39N7O. The Labute approximate surface area is 224 Å². The molecule has 200 valence electrons. The second-order valence-electron chi connectivity index (χ2n) is 11.9. The standard InChI is InChI=1S/C30H39N7O/c1-17(2)26-27(23-15-37-29(31-16-32-37)19(4)18(23)3)34-25-12-11-24(33-28(25)26)20-7-9-22(10-8-20)36-13-21(14-36)30(38)35(5)6/h11-12,15-17,20-22,34H,7-10,13-14H2,1-6H3. The van der Waals surface area contributed by atoms with Gasteiger partial charge in [-0.2, -0.15) is 5.10 Å². The van der Waals surface area contributed by atoms with Crippen molar-refractivity contribution in [3.63, 3.8) is 0 Å². The summed E-state index contributed by atoms with van der Waals surface area (Å²) < 4.78 is 1.88. The van der Waals surface area contributed by atoms with Crippen LogP contribution < -0.4 is 0 Å². The van der Waals surface area contributed by atoms with Crippen LogP contribution in [0.1, 0.15) is 73.8 Å². The molecule has 0 radical (unpaired) electrons. The van der Waals surface area contributed by atoms with E-state index in [1.54, 1.807) is 11.2 Å². The van der Waals surface area contributed by atoms with Gasteiger partial charge in [0.1, 0.15) is 6.33 Å². The van der Waals surface area contributed by atoms with Gasteiger partial charge in [0.2, 0.25) is 5.91 Å². The zero-order chi connectivity index (χ0) is 26.7. The van der Waals surface area contributed by atoms with Crippen molar-refractivity contribution >= 4 is 22.6 Å². The fourth-order valence-electron chi connectivity index (χ4n) is 6.63. The van der Waals surface area contributed by atoms with Crippen molar-refractivity contribution in [1.29, 1.82) is 0 Å². The number of fused-ring (bicyclic) bond motifs is 2. The van der Waals surface area contributed by atoms with Crippen LogP contribution in [-0.2, 0) is 4.79 Å². The molecule has 4 aromatic rings. The molecule has 1 saturated carbocycles. The topological polar surface area (TPSA) is 82.4 Å². The molecule has 1 aliphatic heterocycles. The highest BCUT2D eigenvalue weighted by Crippen LogP contribution is 2.40. The molecule has 1 aliphatic carbocycles. The summed E-state index contributed by atoms with van der Waals surface area (Å²) in [5.74, 6) is 1.27. The molecule has 8 nitrogen and oxygen atoms in total.